The fourth-order valence-electron chi connectivity index (χ4n) is 3.36. The van der Waals surface area contributed by atoms with Crippen molar-refractivity contribution in [2.75, 3.05) is 5.32 Å². The molecule has 1 fully saturated rings. The van der Waals surface area contributed by atoms with Gasteiger partial charge in [-0.05, 0) is 50.7 Å². The molecule has 0 aliphatic heterocycles. The van der Waals surface area contributed by atoms with Gasteiger partial charge < -0.3 is 5.32 Å². The first kappa shape index (κ1) is 22.2. The summed E-state index contributed by atoms with van der Waals surface area (Å²) in [6.45, 7) is 3.87. The van der Waals surface area contributed by atoms with Crippen LogP contribution < -0.4 is 22.0 Å². The third-order valence-corrected chi connectivity index (χ3v) is 4.93. The molecule has 1 unspecified atom stereocenters. The molecule has 9 heteroatoms. The number of Topliss-reactive ketones (excluding diaryl/α,β-unsaturated/α-hetero) is 1. The molecule has 2 rings (SSSR count). The molecule has 29 heavy (non-hydrogen) atoms. The monoisotopic (exact) mass is 401 g/mol. The molecule has 0 saturated heterocycles. The molecule has 0 spiro atoms. The highest BCUT2D eigenvalue weighted by molar-refractivity contribution is 6.34. The van der Waals surface area contributed by atoms with Crippen LogP contribution in [0.3, 0.4) is 0 Å². The predicted octanol–water partition coefficient (Wildman–Crippen LogP) is 1.24. The Labute approximate surface area is 169 Å². The molecule has 5 N–H and O–H groups in total. The minimum absolute atomic E-state index is 0.0151. The van der Waals surface area contributed by atoms with E-state index in [1.54, 1.807) is 5.43 Å². The van der Waals surface area contributed by atoms with Crippen LogP contribution in [0.4, 0.5) is 5.69 Å². The molecule has 1 aliphatic rings. The Kier molecular flexibility index (Phi) is 8.02. The van der Waals surface area contributed by atoms with Crippen LogP contribution in [-0.4, -0.2) is 29.2 Å². The zero-order valence-electron chi connectivity index (χ0n) is 16.7. The highest BCUT2D eigenvalue weighted by Crippen LogP contribution is 2.25. The number of carbonyl (C=O) groups is 4. The number of aryl methyl sites for hydroxylation is 2. The largest absolute Gasteiger partial charge is 0.330 e. The zero-order valence-corrected chi connectivity index (χ0v) is 16.7. The SMILES string of the molecule is Cc1cccc(C)c1NC(=O)CCCC(=O)C1CCC/C1=N/NC(=O)C(=O)NN. The number of hydrazine groups is 1. The van der Waals surface area contributed by atoms with Crippen LogP contribution in [0.25, 0.3) is 0 Å². The van der Waals surface area contributed by atoms with Crippen molar-refractivity contribution in [2.24, 2.45) is 16.9 Å². The lowest BCUT2D eigenvalue weighted by atomic mass is 9.96. The Bertz CT molecular complexity index is 814. The minimum Gasteiger partial charge on any atom is -0.326 e. The third kappa shape index (κ3) is 6.21. The van der Waals surface area contributed by atoms with Gasteiger partial charge in [-0.1, -0.05) is 18.2 Å². The summed E-state index contributed by atoms with van der Waals surface area (Å²) in [5, 5.41) is 6.82. The normalized spacial score (nSPS) is 17.1. The van der Waals surface area contributed by atoms with Crippen LogP contribution >= 0.6 is 0 Å². The Balaban J connectivity index is 1.83. The maximum absolute atomic E-state index is 12.5. The number of nitrogens with zero attached hydrogens (tertiary/aromatic N) is 1. The highest BCUT2D eigenvalue weighted by atomic mass is 16.2. The van der Waals surface area contributed by atoms with Gasteiger partial charge in [-0.2, -0.15) is 5.10 Å². The van der Waals surface area contributed by atoms with Gasteiger partial charge in [0, 0.05) is 24.2 Å². The minimum atomic E-state index is -1.01. The summed E-state index contributed by atoms with van der Waals surface area (Å²) in [6, 6.07) is 5.80. The van der Waals surface area contributed by atoms with Crippen LogP contribution in [0, 0.1) is 19.8 Å². The van der Waals surface area contributed by atoms with Crippen LogP contribution in [0.1, 0.15) is 49.7 Å². The Hall–Kier alpha value is -3.07. The molecule has 1 saturated carbocycles. The summed E-state index contributed by atoms with van der Waals surface area (Å²) in [6.07, 6.45) is 2.93. The van der Waals surface area contributed by atoms with Crippen LogP contribution in [0.5, 0.6) is 0 Å². The average molecular weight is 401 g/mol. The fourth-order valence-corrected chi connectivity index (χ4v) is 3.36. The van der Waals surface area contributed by atoms with E-state index < -0.39 is 17.7 Å². The molecular weight excluding hydrogens is 374 g/mol. The number of para-hydroxylation sites is 1. The average Bonchev–Trinajstić information content (AvgIpc) is 3.17. The second-order valence-electron chi connectivity index (χ2n) is 7.10. The number of hydrogen-bond acceptors (Lipinski definition) is 6. The maximum Gasteiger partial charge on any atom is 0.330 e. The lowest BCUT2D eigenvalue weighted by molar-refractivity contribution is -0.139. The number of amides is 3. The number of hydrazone groups is 1. The van der Waals surface area contributed by atoms with E-state index >= 15 is 0 Å². The molecule has 0 bridgehead atoms. The van der Waals surface area contributed by atoms with Crippen molar-refractivity contribution < 1.29 is 19.2 Å². The number of rotatable bonds is 7. The second kappa shape index (κ2) is 10.5. The first-order valence-corrected chi connectivity index (χ1v) is 9.59. The molecule has 9 nitrogen and oxygen atoms in total. The molecule has 0 aromatic heterocycles. The number of benzene rings is 1. The number of hydrogen-bond donors (Lipinski definition) is 4. The van der Waals surface area contributed by atoms with Gasteiger partial charge in [-0.3, -0.25) is 24.6 Å². The van der Waals surface area contributed by atoms with Crippen molar-refractivity contribution in [1.29, 1.82) is 0 Å². The van der Waals surface area contributed by atoms with Gasteiger partial charge in [0.1, 0.15) is 5.78 Å². The van der Waals surface area contributed by atoms with Gasteiger partial charge >= 0.3 is 11.8 Å². The van der Waals surface area contributed by atoms with E-state index in [-0.39, 0.29) is 24.5 Å². The Morgan fingerprint density at radius 2 is 1.79 bits per heavy atom. The van der Waals surface area contributed by atoms with E-state index in [0.29, 0.717) is 25.0 Å². The van der Waals surface area contributed by atoms with E-state index in [9.17, 15) is 19.2 Å². The van der Waals surface area contributed by atoms with Crippen molar-refractivity contribution in [3.8, 4) is 0 Å². The standard InChI is InChI=1S/C20H27N5O4/c1-12-6-3-7-13(2)18(12)22-17(27)11-5-10-16(26)14-8-4-9-15(14)24-25-20(29)19(28)23-21/h3,6-7,14H,4-5,8-11,21H2,1-2H3,(H,22,27)(H,23,28)(H,25,29)/b24-15-. The van der Waals surface area contributed by atoms with Crippen LogP contribution in [0.15, 0.2) is 23.3 Å². The first-order valence-electron chi connectivity index (χ1n) is 9.59. The molecule has 3 amide bonds. The van der Waals surface area contributed by atoms with Gasteiger partial charge in [0.25, 0.3) is 0 Å². The summed E-state index contributed by atoms with van der Waals surface area (Å²) >= 11 is 0. The van der Waals surface area contributed by atoms with Crippen molar-refractivity contribution in [1.82, 2.24) is 10.9 Å². The van der Waals surface area contributed by atoms with E-state index in [1.807, 2.05) is 32.0 Å². The number of anilines is 1. The van der Waals surface area contributed by atoms with Gasteiger partial charge in [0.15, 0.2) is 0 Å². The smallest absolute Gasteiger partial charge is 0.326 e. The van der Waals surface area contributed by atoms with Crippen LogP contribution in [-0.2, 0) is 19.2 Å². The second-order valence-corrected chi connectivity index (χ2v) is 7.10. The summed E-state index contributed by atoms with van der Waals surface area (Å²) in [7, 11) is 0. The topological polar surface area (TPSA) is 143 Å². The molecule has 1 atom stereocenters. The number of ketones is 1. The van der Waals surface area contributed by atoms with E-state index in [0.717, 1.165) is 23.2 Å². The molecule has 1 aliphatic carbocycles. The van der Waals surface area contributed by atoms with E-state index in [1.165, 1.54) is 0 Å². The highest BCUT2D eigenvalue weighted by Gasteiger charge is 2.29. The number of nitrogens with one attached hydrogen (secondary N) is 3. The van der Waals surface area contributed by atoms with Crippen molar-refractivity contribution in [3.63, 3.8) is 0 Å². The lowest BCUT2D eigenvalue weighted by Gasteiger charge is -2.12. The molecule has 0 heterocycles. The fraction of sp³-hybridized carbons (Fsp3) is 0.450. The van der Waals surface area contributed by atoms with Gasteiger partial charge in [-0.15, -0.1) is 0 Å². The van der Waals surface area contributed by atoms with Crippen molar-refractivity contribution in [3.05, 3.63) is 29.3 Å². The zero-order chi connectivity index (χ0) is 21.4. The third-order valence-electron chi connectivity index (χ3n) is 4.93. The Morgan fingerprint density at radius 3 is 2.45 bits per heavy atom. The first-order chi connectivity index (χ1) is 13.8. The lowest BCUT2D eigenvalue weighted by Crippen LogP contribution is -2.41. The molecule has 1 aromatic rings. The summed E-state index contributed by atoms with van der Waals surface area (Å²) in [5.41, 5.74) is 7.17. The summed E-state index contributed by atoms with van der Waals surface area (Å²) in [4.78, 5) is 47.2. The van der Waals surface area contributed by atoms with Gasteiger partial charge in [0.05, 0.1) is 5.92 Å². The number of nitrogens with two attached hydrogens (primary N) is 1. The van der Waals surface area contributed by atoms with Crippen LogP contribution in [0.2, 0.25) is 0 Å². The summed E-state index contributed by atoms with van der Waals surface area (Å²) in [5.74, 6) is 2.35. The van der Waals surface area contributed by atoms with Crippen molar-refractivity contribution in [2.45, 2.75) is 52.4 Å². The van der Waals surface area contributed by atoms with E-state index in [4.69, 9.17) is 5.84 Å². The van der Waals surface area contributed by atoms with E-state index in [2.05, 4.69) is 15.8 Å². The summed E-state index contributed by atoms with van der Waals surface area (Å²) < 4.78 is 0. The molecule has 1 aromatic carbocycles. The maximum atomic E-state index is 12.5. The van der Waals surface area contributed by atoms with Crippen molar-refractivity contribution >= 4 is 34.9 Å². The predicted molar refractivity (Wildman–Crippen MR) is 109 cm³/mol. The number of carbonyl (C=O) groups excluding carboxylic acids is 4. The van der Waals surface area contributed by atoms with Gasteiger partial charge in [-0.25, -0.2) is 11.3 Å². The molecule has 156 valence electrons. The quantitative estimate of drug-likeness (QED) is 0.235. The van der Waals surface area contributed by atoms with Gasteiger partial charge in [0.2, 0.25) is 5.91 Å². The Morgan fingerprint density at radius 1 is 1.10 bits per heavy atom. The molecular formula is C20H27N5O4. The molecule has 0 radical (unpaired) electrons.